The van der Waals surface area contributed by atoms with E-state index in [4.69, 9.17) is 9.40 Å². The van der Waals surface area contributed by atoms with Crippen LogP contribution in [-0.4, -0.2) is 32.9 Å². The third-order valence-electron chi connectivity index (χ3n) is 4.35. The lowest BCUT2D eigenvalue weighted by Gasteiger charge is -2.31. The molecule has 1 aliphatic heterocycles. The summed E-state index contributed by atoms with van der Waals surface area (Å²) in [4.78, 5) is 15.1. The van der Waals surface area contributed by atoms with Gasteiger partial charge in [-0.05, 0) is 31.5 Å². The third kappa shape index (κ3) is 2.64. The molecule has 1 N–H and O–H groups in total. The third-order valence-corrected chi connectivity index (χ3v) is 4.35. The number of benzene rings is 1. The number of aromatic nitrogens is 3. The number of nitrogens with zero attached hydrogens (tertiary/aromatic N) is 3. The number of aryl methyl sites for hydroxylation is 1. The highest BCUT2D eigenvalue weighted by Gasteiger charge is 2.24. The molecule has 1 saturated heterocycles. The molecule has 0 aliphatic carbocycles. The molecule has 3 aromatic rings. The molecule has 5 heteroatoms. The van der Waals surface area contributed by atoms with Crippen molar-refractivity contribution in [3.63, 3.8) is 0 Å². The van der Waals surface area contributed by atoms with Crippen LogP contribution in [0.5, 0.6) is 0 Å². The first kappa shape index (κ1) is 13.5. The molecule has 114 valence electrons. The summed E-state index contributed by atoms with van der Waals surface area (Å²) in [5, 5.41) is 0. The predicted molar refractivity (Wildman–Crippen MR) is 84.6 cm³/mol. The maximum absolute atomic E-state index is 5.30. The van der Waals surface area contributed by atoms with Crippen molar-refractivity contribution in [2.24, 2.45) is 0 Å². The number of oxazole rings is 1. The Kier molecular flexibility index (Phi) is 3.42. The molecule has 2 aromatic heterocycles. The average molecular weight is 296 g/mol. The van der Waals surface area contributed by atoms with Crippen LogP contribution in [0, 0.1) is 6.92 Å². The van der Waals surface area contributed by atoms with E-state index in [-0.39, 0.29) is 0 Å². The molecule has 3 heterocycles. The largest absolute Gasteiger partial charge is 0.449 e. The number of H-pyrrole nitrogens is 1. The molecule has 0 radical (unpaired) electrons. The highest BCUT2D eigenvalue weighted by atomic mass is 16.3. The molecule has 1 aliphatic rings. The molecule has 1 fully saturated rings. The van der Waals surface area contributed by atoms with Crippen LogP contribution in [0.2, 0.25) is 0 Å². The van der Waals surface area contributed by atoms with Gasteiger partial charge in [-0.15, -0.1) is 0 Å². The van der Waals surface area contributed by atoms with Crippen molar-refractivity contribution >= 4 is 11.0 Å². The zero-order valence-corrected chi connectivity index (χ0v) is 12.7. The molecule has 0 amide bonds. The first-order valence-electron chi connectivity index (χ1n) is 7.86. The molecular formula is C17H20N4O. The lowest BCUT2D eigenvalue weighted by atomic mass is 9.97. The van der Waals surface area contributed by atoms with Gasteiger partial charge in [-0.25, -0.2) is 9.97 Å². The number of nitrogens with one attached hydrogen (secondary N) is 1. The van der Waals surface area contributed by atoms with Crippen molar-refractivity contribution < 1.29 is 4.42 Å². The molecular weight excluding hydrogens is 276 g/mol. The number of rotatable bonds is 3. The molecule has 0 unspecified atom stereocenters. The summed E-state index contributed by atoms with van der Waals surface area (Å²) >= 11 is 0. The minimum absolute atomic E-state index is 0.467. The Morgan fingerprint density at radius 3 is 3.05 bits per heavy atom. The molecule has 1 aromatic carbocycles. The summed E-state index contributed by atoms with van der Waals surface area (Å²) in [6.07, 6.45) is 4.15. The van der Waals surface area contributed by atoms with Crippen LogP contribution in [0.3, 0.4) is 0 Å². The summed E-state index contributed by atoms with van der Waals surface area (Å²) in [7, 11) is 0. The fourth-order valence-corrected chi connectivity index (χ4v) is 3.30. The van der Waals surface area contributed by atoms with E-state index in [0.717, 1.165) is 48.1 Å². The van der Waals surface area contributed by atoms with Gasteiger partial charge in [0.05, 0.1) is 16.7 Å². The highest BCUT2D eigenvalue weighted by molar-refractivity contribution is 5.74. The van der Waals surface area contributed by atoms with Crippen molar-refractivity contribution in [2.75, 3.05) is 13.1 Å². The summed E-state index contributed by atoms with van der Waals surface area (Å²) in [5.74, 6) is 2.32. The minimum Gasteiger partial charge on any atom is -0.449 e. The molecule has 22 heavy (non-hydrogen) atoms. The van der Waals surface area contributed by atoms with Crippen molar-refractivity contribution in [2.45, 2.75) is 32.2 Å². The number of hydrogen-bond donors (Lipinski definition) is 1. The molecule has 1 atom stereocenters. The molecule has 5 nitrogen and oxygen atoms in total. The first-order chi connectivity index (χ1) is 10.8. The van der Waals surface area contributed by atoms with Crippen LogP contribution < -0.4 is 0 Å². The van der Waals surface area contributed by atoms with Crippen molar-refractivity contribution in [1.82, 2.24) is 19.9 Å². The maximum atomic E-state index is 5.30. The number of hydrogen-bond acceptors (Lipinski definition) is 4. The topological polar surface area (TPSA) is 58.0 Å². The number of likely N-dealkylation sites (tertiary alicyclic amines) is 1. The van der Waals surface area contributed by atoms with Gasteiger partial charge in [0, 0.05) is 25.9 Å². The second-order valence-electron chi connectivity index (χ2n) is 6.07. The van der Waals surface area contributed by atoms with Gasteiger partial charge in [0.25, 0.3) is 0 Å². The van der Waals surface area contributed by atoms with Crippen LogP contribution in [-0.2, 0) is 6.54 Å². The van der Waals surface area contributed by atoms with E-state index >= 15 is 0 Å². The van der Waals surface area contributed by atoms with E-state index in [1.807, 2.05) is 19.1 Å². The summed E-state index contributed by atoms with van der Waals surface area (Å²) in [5.41, 5.74) is 3.20. The highest BCUT2D eigenvalue weighted by Crippen LogP contribution is 2.27. The zero-order valence-electron chi connectivity index (χ0n) is 12.7. The predicted octanol–water partition coefficient (Wildman–Crippen LogP) is 3.24. The number of aromatic amines is 1. The standard InChI is InChI=1S/C17H20N4O/c1-12-18-14(11-22-12)10-21-8-4-5-13(9-21)17-19-15-6-2-3-7-16(15)20-17/h2-3,6-7,11,13H,4-5,8-10H2,1H3,(H,19,20)/t13-/m0/s1. The van der Waals surface area contributed by atoms with Crippen LogP contribution in [0.1, 0.15) is 36.2 Å². The summed E-state index contributed by atoms with van der Waals surface area (Å²) in [6.45, 7) is 4.87. The van der Waals surface area contributed by atoms with Crippen molar-refractivity contribution in [1.29, 1.82) is 0 Å². The number of para-hydroxylation sites is 2. The Balaban J connectivity index is 1.50. The Morgan fingerprint density at radius 2 is 2.23 bits per heavy atom. The average Bonchev–Trinajstić information content (AvgIpc) is 3.13. The fraction of sp³-hybridized carbons (Fsp3) is 0.412. The van der Waals surface area contributed by atoms with Crippen molar-refractivity contribution in [3.8, 4) is 0 Å². The number of piperidine rings is 1. The van der Waals surface area contributed by atoms with E-state index in [0.29, 0.717) is 5.92 Å². The summed E-state index contributed by atoms with van der Waals surface area (Å²) < 4.78 is 5.30. The smallest absolute Gasteiger partial charge is 0.191 e. The Bertz CT molecular complexity index is 743. The minimum atomic E-state index is 0.467. The fourth-order valence-electron chi connectivity index (χ4n) is 3.30. The number of imidazole rings is 1. The van der Waals surface area contributed by atoms with E-state index in [1.54, 1.807) is 6.26 Å². The van der Waals surface area contributed by atoms with Crippen molar-refractivity contribution in [3.05, 3.63) is 47.9 Å². The molecule has 0 spiro atoms. The van der Waals surface area contributed by atoms with Gasteiger partial charge in [0.15, 0.2) is 5.89 Å². The van der Waals surface area contributed by atoms with E-state index in [9.17, 15) is 0 Å². The second-order valence-corrected chi connectivity index (χ2v) is 6.07. The monoisotopic (exact) mass is 296 g/mol. The van der Waals surface area contributed by atoms with E-state index in [2.05, 4.69) is 27.0 Å². The maximum Gasteiger partial charge on any atom is 0.191 e. The zero-order chi connectivity index (χ0) is 14.9. The normalized spacial score (nSPS) is 19.8. The summed E-state index contributed by atoms with van der Waals surface area (Å²) in [6, 6.07) is 8.23. The second kappa shape index (κ2) is 5.57. The van der Waals surface area contributed by atoms with Gasteiger partial charge < -0.3 is 9.40 Å². The number of fused-ring (bicyclic) bond motifs is 1. The van der Waals surface area contributed by atoms with Crippen LogP contribution in [0.25, 0.3) is 11.0 Å². The molecule has 4 rings (SSSR count). The van der Waals surface area contributed by atoms with Gasteiger partial charge in [-0.2, -0.15) is 0 Å². The van der Waals surface area contributed by atoms with E-state index < -0.39 is 0 Å². The Hall–Kier alpha value is -2.14. The van der Waals surface area contributed by atoms with E-state index in [1.165, 1.54) is 12.8 Å². The lowest BCUT2D eigenvalue weighted by Crippen LogP contribution is -2.34. The quantitative estimate of drug-likeness (QED) is 0.806. The Morgan fingerprint density at radius 1 is 1.32 bits per heavy atom. The molecule has 0 saturated carbocycles. The van der Waals surface area contributed by atoms with Gasteiger partial charge in [-0.1, -0.05) is 12.1 Å². The van der Waals surface area contributed by atoms with Crippen LogP contribution >= 0.6 is 0 Å². The van der Waals surface area contributed by atoms with Crippen LogP contribution in [0.4, 0.5) is 0 Å². The van der Waals surface area contributed by atoms with Gasteiger partial charge in [-0.3, -0.25) is 4.90 Å². The van der Waals surface area contributed by atoms with Gasteiger partial charge in [0.1, 0.15) is 12.1 Å². The van der Waals surface area contributed by atoms with Gasteiger partial charge in [0.2, 0.25) is 0 Å². The van der Waals surface area contributed by atoms with Crippen LogP contribution in [0.15, 0.2) is 34.9 Å². The van der Waals surface area contributed by atoms with Gasteiger partial charge >= 0.3 is 0 Å². The molecule has 0 bridgehead atoms. The Labute approximate surface area is 129 Å². The SMILES string of the molecule is Cc1nc(CN2CCC[C@H](c3nc4ccccc4[nH]3)C2)co1. The lowest BCUT2D eigenvalue weighted by molar-refractivity contribution is 0.195. The first-order valence-corrected chi connectivity index (χ1v) is 7.86.